The monoisotopic (exact) mass is 514 g/mol. The summed E-state index contributed by atoms with van der Waals surface area (Å²) in [4.78, 5) is 55.6. The van der Waals surface area contributed by atoms with E-state index in [0.29, 0.717) is 17.1 Å². The van der Waals surface area contributed by atoms with E-state index in [1.165, 1.54) is 23.2 Å². The Bertz CT molecular complexity index is 1250. The van der Waals surface area contributed by atoms with Crippen molar-refractivity contribution in [2.75, 3.05) is 18.9 Å². The largest absolute Gasteiger partial charge is 0.465 e. The predicted octanol–water partition coefficient (Wildman–Crippen LogP) is 1.42. The van der Waals surface area contributed by atoms with Crippen molar-refractivity contribution in [1.29, 1.82) is 0 Å². The van der Waals surface area contributed by atoms with Gasteiger partial charge in [-0.1, -0.05) is 18.2 Å². The van der Waals surface area contributed by atoms with Crippen LogP contribution in [0, 0.1) is 5.82 Å². The molecule has 1 aromatic carbocycles. The van der Waals surface area contributed by atoms with Gasteiger partial charge in [-0.15, -0.1) is 0 Å². The fourth-order valence-electron chi connectivity index (χ4n) is 3.31. The third-order valence-electron chi connectivity index (χ3n) is 4.95. The molecule has 0 saturated carbocycles. The average molecular weight is 515 g/mol. The van der Waals surface area contributed by atoms with Crippen molar-refractivity contribution in [2.24, 2.45) is 5.73 Å². The molecule has 5 N–H and O–H groups in total. The number of primary amides is 1. The van der Waals surface area contributed by atoms with Crippen LogP contribution < -0.4 is 16.8 Å². The molecule has 0 unspecified atom stereocenters. The van der Waals surface area contributed by atoms with E-state index >= 15 is 0 Å². The third kappa shape index (κ3) is 6.18. The quantitative estimate of drug-likeness (QED) is 0.341. The Morgan fingerprint density at radius 3 is 2.50 bits per heavy atom. The summed E-state index contributed by atoms with van der Waals surface area (Å²) in [5.74, 6) is -3.60. The zero-order chi connectivity index (χ0) is 26.2. The molecule has 3 aromatic rings. The van der Waals surface area contributed by atoms with Gasteiger partial charge in [0.2, 0.25) is 5.91 Å². The standard InChI is InChI=1S/C23H23FN6O5S/c1-2-35-16(31)11-28-22(33)19(14-5-7-15(24)8-6-14)30(12-13-4-3-9-27-10-13)23(34)20-17(25)18(21(26)32)29-36-20/h3-10,19H,2,11-12,25H2,1H3,(H2,26,32)(H,28,33)/t19-/m0/s1. The van der Waals surface area contributed by atoms with Gasteiger partial charge in [0.1, 0.15) is 23.3 Å². The molecule has 0 aliphatic rings. The maximum atomic E-state index is 13.7. The summed E-state index contributed by atoms with van der Waals surface area (Å²) in [5.41, 5.74) is 11.6. The van der Waals surface area contributed by atoms with Crippen molar-refractivity contribution in [3.05, 3.63) is 76.3 Å². The normalized spacial score (nSPS) is 11.4. The Morgan fingerprint density at radius 1 is 1.19 bits per heavy atom. The number of aromatic nitrogens is 2. The van der Waals surface area contributed by atoms with Crippen LogP contribution in [-0.4, -0.2) is 51.1 Å². The smallest absolute Gasteiger partial charge is 0.325 e. The van der Waals surface area contributed by atoms with Crippen LogP contribution >= 0.6 is 11.5 Å². The van der Waals surface area contributed by atoms with Crippen molar-refractivity contribution >= 4 is 40.9 Å². The Kier molecular flexibility index (Phi) is 8.62. The molecular weight excluding hydrogens is 491 g/mol. The van der Waals surface area contributed by atoms with Crippen LogP contribution in [0.2, 0.25) is 0 Å². The zero-order valence-electron chi connectivity index (χ0n) is 19.1. The van der Waals surface area contributed by atoms with E-state index in [1.54, 1.807) is 25.3 Å². The highest BCUT2D eigenvalue weighted by Crippen LogP contribution is 2.30. The minimum absolute atomic E-state index is 0.113. The van der Waals surface area contributed by atoms with Gasteiger partial charge in [0.15, 0.2) is 5.69 Å². The summed E-state index contributed by atoms with van der Waals surface area (Å²) in [6, 6.07) is 6.98. The molecule has 2 aromatic heterocycles. The summed E-state index contributed by atoms with van der Waals surface area (Å²) in [5, 5.41) is 2.46. The van der Waals surface area contributed by atoms with Gasteiger partial charge in [0.05, 0.1) is 12.3 Å². The topological polar surface area (TPSA) is 171 Å². The molecule has 13 heteroatoms. The first-order valence-corrected chi connectivity index (χ1v) is 11.4. The van der Waals surface area contributed by atoms with Crippen LogP contribution in [0.1, 0.15) is 44.3 Å². The number of pyridine rings is 1. The van der Waals surface area contributed by atoms with E-state index in [1.807, 2.05) is 0 Å². The summed E-state index contributed by atoms with van der Waals surface area (Å²) in [7, 11) is 0. The number of esters is 1. The second-order valence-electron chi connectivity index (χ2n) is 7.41. The number of hydrogen-bond acceptors (Lipinski definition) is 9. The molecule has 0 aliphatic carbocycles. The first-order valence-electron chi connectivity index (χ1n) is 10.7. The van der Waals surface area contributed by atoms with E-state index in [0.717, 1.165) is 12.1 Å². The van der Waals surface area contributed by atoms with Gasteiger partial charge >= 0.3 is 5.97 Å². The van der Waals surface area contributed by atoms with E-state index in [-0.39, 0.29) is 35.0 Å². The second kappa shape index (κ2) is 11.8. The van der Waals surface area contributed by atoms with Crippen LogP contribution in [-0.2, 0) is 20.9 Å². The summed E-state index contributed by atoms with van der Waals surface area (Å²) in [6.45, 7) is 1.17. The van der Waals surface area contributed by atoms with Crippen LogP contribution in [0.4, 0.5) is 10.1 Å². The van der Waals surface area contributed by atoms with E-state index in [2.05, 4.69) is 14.7 Å². The Labute approximate surface area is 209 Å². The molecule has 0 radical (unpaired) electrons. The van der Waals surface area contributed by atoms with E-state index in [9.17, 15) is 23.6 Å². The van der Waals surface area contributed by atoms with E-state index in [4.69, 9.17) is 16.2 Å². The highest BCUT2D eigenvalue weighted by molar-refractivity contribution is 7.09. The minimum atomic E-state index is -1.33. The van der Waals surface area contributed by atoms with E-state index < -0.39 is 42.1 Å². The molecule has 3 amide bonds. The first kappa shape index (κ1) is 26.2. The number of nitrogen functional groups attached to an aromatic ring is 1. The molecule has 0 aliphatic heterocycles. The fraction of sp³-hybridized carbons (Fsp3) is 0.217. The number of halogens is 1. The number of carbonyl (C=O) groups excluding carboxylic acids is 4. The van der Waals surface area contributed by atoms with Gasteiger partial charge in [-0.3, -0.25) is 24.2 Å². The second-order valence-corrected chi connectivity index (χ2v) is 8.18. The Morgan fingerprint density at radius 2 is 1.92 bits per heavy atom. The summed E-state index contributed by atoms with van der Waals surface area (Å²) >= 11 is 0.655. The highest BCUT2D eigenvalue weighted by Gasteiger charge is 2.35. The minimum Gasteiger partial charge on any atom is -0.465 e. The Balaban J connectivity index is 2.07. The van der Waals surface area contributed by atoms with Crippen LogP contribution in [0.15, 0.2) is 48.8 Å². The number of hydrogen-bond donors (Lipinski definition) is 3. The maximum absolute atomic E-state index is 13.7. The fourth-order valence-corrected chi connectivity index (χ4v) is 4.08. The molecule has 2 heterocycles. The van der Waals surface area contributed by atoms with Crippen LogP contribution in [0.3, 0.4) is 0 Å². The zero-order valence-corrected chi connectivity index (χ0v) is 20.0. The van der Waals surface area contributed by atoms with Gasteiger partial charge in [-0.2, -0.15) is 4.37 Å². The molecule has 1 atom stereocenters. The predicted molar refractivity (Wildman–Crippen MR) is 128 cm³/mol. The maximum Gasteiger partial charge on any atom is 0.325 e. The van der Waals surface area contributed by atoms with Gasteiger partial charge in [0.25, 0.3) is 11.8 Å². The highest BCUT2D eigenvalue weighted by atomic mass is 32.1. The van der Waals surface area contributed by atoms with Gasteiger partial charge < -0.3 is 26.4 Å². The number of nitrogens with zero attached hydrogens (tertiary/aromatic N) is 3. The van der Waals surface area contributed by atoms with Gasteiger partial charge in [-0.25, -0.2) is 4.39 Å². The number of ether oxygens (including phenoxy) is 1. The molecule has 36 heavy (non-hydrogen) atoms. The number of carbonyl (C=O) groups is 4. The van der Waals surface area contributed by atoms with Crippen molar-refractivity contribution in [1.82, 2.24) is 19.6 Å². The average Bonchev–Trinajstić information content (AvgIpc) is 3.25. The lowest BCUT2D eigenvalue weighted by Gasteiger charge is -2.31. The van der Waals surface area contributed by atoms with Crippen molar-refractivity contribution in [2.45, 2.75) is 19.5 Å². The molecule has 0 bridgehead atoms. The van der Waals surface area contributed by atoms with Crippen molar-refractivity contribution in [3.8, 4) is 0 Å². The SMILES string of the molecule is CCOC(=O)CNC(=O)[C@H](c1ccc(F)cc1)N(Cc1cccnc1)C(=O)c1snc(C(N)=O)c1N. The molecule has 0 spiro atoms. The number of rotatable bonds is 10. The number of amides is 3. The van der Waals surface area contributed by atoms with Crippen molar-refractivity contribution < 1.29 is 28.3 Å². The summed E-state index contributed by atoms with van der Waals surface area (Å²) < 4.78 is 22.4. The summed E-state index contributed by atoms with van der Waals surface area (Å²) in [6.07, 6.45) is 3.04. The molecule has 0 saturated heterocycles. The molecular formula is C23H23FN6O5S. The number of nitrogens with two attached hydrogens (primary N) is 2. The third-order valence-corrected chi connectivity index (χ3v) is 5.80. The van der Waals surface area contributed by atoms with Crippen LogP contribution in [0.5, 0.6) is 0 Å². The molecule has 3 rings (SSSR count). The molecule has 0 fully saturated rings. The number of benzene rings is 1. The first-order chi connectivity index (χ1) is 17.2. The van der Waals surface area contributed by atoms with Crippen LogP contribution in [0.25, 0.3) is 0 Å². The number of nitrogens with one attached hydrogen (secondary N) is 1. The van der Waals surface area contributed by atoms with Gasteiger partial charge in [0, 0.05) is 18.9 Å². The molecule has 188 valence electrons. The van der Waals surface area contributed by atoms with Gasteiger partial charge in [-0.05, 0) is 47.8 Å². The lowest BCUT2D eigenvalue weighted by atomic mass is 10.0. The lowest BCUT2D eigenvalue weighted by Crippen LogP contribution is -2.44. The molecule has 11 nitrogen and oxygen atoms in total. The lowest BCUT2D eigenvalue weighted by molar-refractivity contribution is -0.143. The Hall–Kier alpha value is -4.39. The van der Waals surface area contributed by atoms with Crippen molar-refractivity contribution in [3.63, 3.8) is 0 Å². The number of anilines is 1.